The van der Waals surface area contributed by atoms with Gasteiger partial charge in [0.25, 0.3) is 5.91 Å². The molecule has 0 fully saturated rings. The van der Waals surface area contributed by atoms with Crippen molar-refractivity contribution in [3.63, 3.8) is 0 Å². The predicted molar refractivity (Wildman–Crippen MR) is 140 cm³/mol. The van der Waals surface area contributed by atoms with Crippen molar-refractivity contribution in [3.05, 3.63) is 131 Å². The maximum Gasteiger partial charge on any atom is 0.256 e. The molecule has 4 aromatic carbocycles. The SMILES string of the molecule is Cc1ccc(C(=O)Nc2sc(=Nc3ccccc3)n(-c3ccccc3)c2-c2ccccc2)cc1. The summed E-state index contributed by atoms with van der Waals surface area (Å²) in [5.41, 5.74) is 5.45. The molecule has 0 atom stereocenters. The third-order valence-electron chi connectivity index (χ3n) is 5.41. The minimum absolute atomic E-state index is 0.148. The van der Waals surface area contributed by atoms with Crippen LogP contribution < -0.4 is 10.1 Å². The second-order valence-electron chi connectivity index (χ2n) is 7.87. The van der Waals surface area contributed by atoms with Gasteiger partial charge in [0, 0.05) is 16.8 Å². The number of aromatic nitrogens is 1. The Kier molecular flexibility index (Phi) is 6.19. The third kappa shape index (κ3) is 4.60. The smallest absolute Gasteiger partial charge is 0.256 e. The molecule has 0 aliphatic heterocycles. The minimum atomic E-state index is -0.148. The molecule has 4 nitrogen and oxygen atoms in total. The number of carbonyl (C=O) groups excluding carboxylic acids is 1. The van der Waals surface area contributed by atoms with E-state index < -0.39 is 0 Å². The Morgan fingerprint density at radius 2 is 1.35 bits per heavy atom. The molecular weight excluding hydrogens is 438 g/mol. The van der Waals surface area contributed by atoms with Crippen molar-refractivity contribution in [2.45, 2.75) is 6.92 Å². The standard InChI is InChI=1S/C29H23N3OS/c1-21-17-19-23(20-18-21)27(33)31-28-26(22-11-5-2-6-12-22)32(25-15-9-4-10-16-25)29(34-28)30-24-13-7-3-8-14-24/h2-20H,1H3,(H,31,33). The molecule has 0 aliphatic rings. The number of rotatable bonds is 5. The molecule has 5 aromatic rings. The first-order chi connectivity index (χ1) is 16.7. The van der Waals surface area contributed by atoms with Crippen LogP contribution in [0.25, 0.3) is 16.9 Å². The van der Waals surface area contributed by atoms with Crippen molar-refractivity contribution in [1.29, 1.82) is 0 Å². The van der Waals surface area contributed by atoms with Gasteiger partial charge in [0.2, 0.25) is 0 Å². The maximum atomic E-state index is 13.2. The molecule has 0 radical (unpaired) electrons. The van der Waals surface area contributed by atoms with Crippen LogP contribution in [0.4, 0.5) is 10.7 Å². The molecule has 1 N–H and O–H groups in total. The minimum Gasteiger partial charge on any atom is -0.312 e. The monoisotopic (exact) mass is 461 g/mol. The highest BCUT2D eigenvalue weighted by Crippen LogP contribution is 2.33. The highest BCUT2D eigenvalue weighted by Gasteiger charge is 2.19. The molecule has 5 rings (SSSR count). The number of nitrogens with one attached hydrogen (secondary N) is 1. The summed E-state index contributed by atoms with van der Waals surface area (Å²) in [5.74, 6) is -0.148. The summed E-state index contributed by atoms with van der Waals surface area (Å²) < 4.78 is 2.11. The van der Waals surface area contributed by atoms with Gasteiger partial charge in [-0.15, -0.1) is 0 Å². The van der Waals surface area contributed by atoms with Crippen molar-refractivity contribution in [1.82, 2.24) is 4.57 Å². The van der Waals surface area contributed by atoms with Crippen molar-refractivity contribution in [2.75, 3.05) is 5.32 Å². The number of hydrogen-bond donors (Lipinski definition) is 1. The fraction of sp³-hybridized carbons (Fsp3) is 0.0345. The Morgan fingerprint density at radius 1 is 0.765 bits per heavy atom. The lowest BCUT2D eigenvalue weighted by atomic mass is 10.1. The van der Waals surface area contributed by atoms with Crippen molar-refractivity contribution < 1.29 is 4.79 Å². The Balaban J connectivity index is 1.73. The zero-order chi connectivity index (χ0) is 23.3. The largest absolute Gasteiger partial charge is 0.312 e. The molecule has 1 heterocycles. The van der Waals surface area contributed by atoms with Crippen LogP contribution in [0, 0.1) is 6.92 Å². The molecule has 1 aromatic heterocycles. The van der Waals surface area contributed by atoms with Gasteiger partial charge in [0.15, 0.2) is 4.80 Å². The van der Waals surface area contributed by atoms with E-state index in [4.69, 9.17) is 4.99 Å². The zero-order valence-electron chi connectivity index (χ0n) is 18.7. The van der Waals surface area contributed by atoms with E-state index in [-0.39, 0.29) is 5.91 Å². The molecule has 1 amide bonds. The molecule has 34 heavy (non-hydrogen) atoms. The Hall–Kier alpha value is -4.22. The summed E-state index contributed by atoms with van der Waals surface area (Å²) in [6, 6.07) is 37.6. The number of para-hydroxylation sites is 2. The summed E-state index contributed by atoms with van der Waals surface area (Å²) in [7, 11) is 0. The molecule has 166 valence electrons. The van der Waals surface area contributed by atoms with Crippen LogP contribution in [0.15, 0.2) is 120 Å². The summed E-state index contributed by atoms with van der Waals surface area (Å²) in [4.78, 5) is 18.9. The summed E-state index contributed by atoms with van der Waals surface area (Å²) in [6.07, 6.45) is 0. The fourth-order valence-electron chi connectivity index (χ4n) is 3.71. The molecule has 5 heteroatoms. The Labute approximate surface area is 202 Å². The van der Waals surface area contributed by atoms with Crippen molar-refractivity contribution in [2.24, 2.45) is 4.99 Å². The fourth-order valence-corrected chi connectivity index (χ4v) is 4.78. The quantitative estimate of drug-likeness (QED) is 0.301. The predicted octanol–water partition coefficient (Wildman–Crippen LogP) is 7.00. The van der Waals surface area contributed by atoms with Gasteiger partial charge >= 0.3 is 0 Å². The zero-order valence-corrected chi connectivity index (χ0v) is 19.5. The van der Waals surface area contributed by atoms with Gasteiger partial charge in [-0.25, -0.2) is 4.99 Å². The van der Waals surface area contributed by atoms with Crippen LogP contribution in [-0.2, 0) is 0 Å². The van der Waals surface area contributed by atoms with Gasteiger partial charge in [-0.05, 0) is 43.3 Å². The number of hydrogen-bond acceptors (Lipinski definition) is 3. The van der Waals surface area contributed by atoms with Gasteiger partial charge in [0.05, 0.1) is 11.4 Å². The topological polar surface area (TPSA) is 46.4 Å². The van der Waals surface area contributed by atoms with Gasteiger partial charge in [-0.1, -0.05) is 95.8 Å². The van der Waals surface area contributed by atoms with E-state index >= 15 is 0 Å². The van der Waals surface area contributed by atoms with Crippen molar-refractivity contribution in [3.8, 4) is 16.9 Å². The van der Waals surface area contributed by atoms with E-state index in [9.17, 15) is 4.79 Å². The van der Waals surface area contributed by atoms with Gasteiger partial charge in [-0.3, -0.25) is 9.36 Å². The molecule has 0 saturated carbocycles. The van der Waals surface area contributed by atoms with E-state index in [2.05, 4.69) is 34.1 Å². The second-order valence-corrected chi connectivity index (χ2v) is 8.84. The number of thiazole rings is 1. The van der Waals surface area contributed by atoms with E-state index in [1.165, 1.54) is 11.3 Å². The molecule has 0 saturated heterocycles. The number of amides is 1. The van der Waals surface area contributed by atoms with Crippen LogP contribution in [0.3, 0.4) is 0 Å². The van der Waals surface area contributed by atoms with Gasteiger partial charge in [-0.2, -0.15) is 0 Å². The van der Waals surface area contributed by atoms with E-state index in [1.807, 2.05) is 97.9 Å². The normalized spacial score (nSPS) is 11.4. The van der Waals surface area contributed by atoms with Crippen LogP contribution in [0.2, 0.25) is 0 Å². The van der Waals surface area contributed by atoms with Gasteiger partial charge < -0.3 is 5.32 Å². The lowest BCUT2D eigenvalue weighted by Crippen LogP contribution is -2.14. The first kappa shape index (κ1) is 21.6. The van der Waals surface area contributed by atoms with Crippen LogP contribution in [0.1, 0.15) is 15.9 Å². The maximum absolute atomic E-state index is 13.2. The number of aryl methyl sites for hydroxylation is 1. The van der Waals surface area contributed by atoms with E-state index in [0.717, 1.165) is 38.0 Å². The average Bonchev–Trinajstić information content (AvgIpc) is 3.23. The molecule has 0 aliphatic carbocycles. The first-order valence-electron chi connectivity index (χ1n) is 11.0. The second kappa shape index (κ2) is 9.73. The summed E-state index contributed by atoms with van der Waals surface area (Å²) in [6.45, 7) is 2.01. The Morgan fingerprint density at radius 3 is 2.00 bits per heavy atom. The molecule has 0 spiro atoms. The van der Waals surface area contributed by atoms with E-state index in [1.54, 1.807) is 0 Å². The molecule has 0 unspecified atom stereocenters. The van der Waals surface area contributed by atoms with Gasteiger partial charge in [0.1, 0.15) is 5.00 Å². The molecular formula is C29H23N3OS. The highest BCUT2D eigenvalue weighted by molar-refractivity contribution is 7.14. The average molecular weight is 462 g/mol. The third-order valence-corrected chi connectivity index (χ3v) is 6.36. The lowest BCUT2D eigenvalue weighted by molar-refractivity contribution is 0.102. The Bertz CT molecular complexity index is 1470. The van der Waals surface area contributed by atoms with Crippen LogP contribution >= 0.6 is 11.3 Å². The number of benzene rings is 4. The molecule has 0 bridgehead atoms. The first-order valence-corrected chi connectivity index (χ1v) is 11.9. The van der Waals surface area contributed by atoms with E-state index in [0.29, 0.717) is 5.56 Å². The summed E-state index contributed by atoms with van der Waals surface area (Å²) in [5, 5.41) is 3.91. The number of carbonyl (C=O) groups is 1. The van der Waals surface area contributed by atoms with Crippen molar-refractivity contribution >= 4 is 27.9 Å². The summed E-state index contributed by atoms with van der Waals surface area (Å²) >= 11 is 1.46. The van der Waals surface area contributed by atoms with Crippen LogP contribution in [0.5, 0.6) is 0 Å². The number of anilines is 1. The highest BCUT2D eigenvalue weighted by atomic mass is 32.1. The van der Waals surface area contributed by atoms with Crippen LogP contribution in [-0.4, -0.2) is 10.5 Å². The number of nitrogens with zero attached hydrogens (tertiary/aromatic N) is 2. The lowest BCUT2D eigenvalue weighted by Gasteiger charge is -2.12.